The molecule has 3 heteroatoms. The third-order valence-electron chi connectivity index (χ3n) is 1.63. The molecule has 0 bridgehead atoms. The molecule has 0 aliphatic heterocycles. The molecular formula is C9H11N3. The van der Waals surface area contributed by atoms with Gasteiger partial charge in [0.1, 0.15) is 6.33 Å². The van der Waals surface area contributed by atoms with Crippen LogP contribution < -0.4 is 5.32 Å². The van der Waals surface area contributed by atoms with Crippen LogP contribution in [-0.2, 0) is 0 Å². The molecule has 1 unspecified atom stereocenters. The molecule has 0 fully saturated rings. The van der Waals surface area contributed by atoms with E-state index in [1.807, 2.05) is 13.1 Å². The number of aromatic nitrogens is 2. The maximum atomic E-state index is 5.21. The molecule has 0 radical (unpaired) electrons. The minimum absolute atomic E-state index is 0.137. The predicted octanol–water partition coefficient (Wildman–Crippen LogP) is 0.760. The van der Waals surface area contributed by atoms with Crippen molar-refractivity contribution in [3.8, 4) is 12.3 Å². The molecule has 0 aliphatic rings. The zero-order valence-electron chi connectivity index (χ0n) is 6.99. The van der Waals surface area contributed by atoms with Crippen molar-refractivity contribution in [3.63, 3.8) is 0 Å². The van der Waals surface area contributed by atoms with Gasteiger partial charge in [0.25, 0.3) is 0 Å². The summed E-state index contributed by atoms with van der Waals surface area (Å²) in [6, 6.07) is 2.00. The molecule has 1 N–H and O–H groups in total. The van der Waals surface area contributed by atoms with Crippen molar-refractivity contribution in [2.24, 2.45) is 0 Å². The summed E-state index contributed by atoms with van der Waals surface area (Å²) in [5.41, 5.74) is 0.936. The molecule has 0 saturated carbocycles. The summed E-state index contributed by atoms with van der Waals surface area (Å²) in [6.45, 7) is 0. The van der Waals surface area contributed by atoms with Crippen LogP contribution >= 0.6 is 0 Å². The lowest BCUT2D eigenvalue weighted by atomic mass is 10.1. The molecular weight excluding hydrogens is 150 g/mol. The van der Waals surface area contributed by atoms with Gasteiger partial charge in [-0.15, -0.1) is 12.3 Å². The molecule has 0 aromatic carbocycles. The van der Waals surface area contributed by atoms with Gasteiger partial charge in [0.15, 0.2) is 0 Å². The Labute approximate surface area is 72.2 Å². The van der Waals surface area contributed by atoms with Crippen LogP contribution in [0.25, 0.3) is 0 Å². The molecule has 1 heterocycles. The van der Waals surface area contributed by atoms with E-state index in [4.69, 9.17) is 6.42 Å². The predicted molar refractivity (Wildman–Crippen MR) is 47.3 cm³/mol. The van der Waals surface area contributed by atoms with Crippen molar-refractivity contribution in [1.29, 1.82) is 0 Å². The van der Waals surface area contributed by atoms with Crippen LogP contribution in [-0.4, -0.2) is 17.0 Å². The number of rotatable bonds is 3. The molecule has 0 spiro atoms. The van der Waals surface area contributed by atoms with E-state index >= 15 is 0 Å². The summed E-state index contributed by atoms with van der Waals surface area (Å²) >= 11 is 0. The number of nitrogens with zero attached hydrogens (tertiary/aromatic N) is 2. The second-order valence-corrected chi connectivity index (χ2v) is 2.38. The molecule has 1 rings (SSSR count). The minimum Gasteiger partial charge on any atom is -0.311 e. The van der Waals surface area contributed by atoms with Gasteiger partial charge in [-0.1, -0.05) is 0 Å². The fourth-order valence-electron chi connectivity index (χ4n) is 0.979. The molecule has 12 heavy (non-hydrogen) atoms. The average Bonchev–Trinajstić information content (AvgIpc) is 2.15. The largest absolute Gasteiger partial charge is 0.311 e. The van der Waals surface area contributed by atoms with Gasteiger partial charge in [0.2, 0.25) is 0 Å². The van der Waals surface area contributed by atoms with E-state index in [2.05, 4.69) is 21.2 Å². The lowest BCUT2D eigenvalue weighted by molar-refractivity contribution is 0.592. The second kappa shape index (κ2) is 4.47. The van der Waals surface area contributed by atoms with Gasteiger partial charge < -0.3 is 5.32 Å². The molecule has 0 amide bonds. The van der Waals surface area contributed by atoms with Gasteiger partial charge in [-0.3, -0.25) is 0 Å². The van der Waals surface area contributed by atoms with Gasteiger partial charge in [-0.25, -0.2) is 9.97 Å². The Morgan fingerprint density at radius 3 is 3.08 bits per heavy atom. The summed E-state index contributed by atoms with van der Waals surface area (Å²) in [5, 5.41) is 3.09. The molecule has 0 saturated heterocycles. The standard InChI is InChI=1S/C9H11N3/c1-3-4-8(10-2)9-5-6-11-7-12-9/h1,5-8,10H,4H2,2H3. The van der Waals surface area contributed by atoms with Gasteiger partial charge >= 0.3 is 0 Å². The quantitative estimate of drug-likeness (QED) is 0.665. The van der Waals surface area contributed by atoms with Crippen molar-refractivity contribution in [2.75, 3.05) is 7.05 Å². The number of terminal acetylenes is 1. The van der Waals surface area contributed by atoms with Crippen LogP contribution in [0.1, 0.15) is 18.2 Å². The van der Waals surface area contributed by atoms with Crippen molar-refractivity contribution >= 4 is 0 Å². The Morgan fingerprint density at radius 1 is 1.75 bits per heavy atom. The van der Waals surface area contributed by atoms with Crippen molar-refractivity contribution < 1.29 is 0 Å². The first-order valence-electron chi connectivity index (χ1n) is 3.75. The van der Waals surface area contributed by atoms with E-state index in [0.717, 1.165) is 5.69 Å². The van der Waals surface area contributed by atoms with E-state index in [1.54, 1.807) is 6.20 Å². The monoisotopic (exact) mass is 161 g/mol. The van der Waals surface area contributed by atoms with Crippen LogP contribution in [0.3, 0.4) is 0 Å². The Morgan fingerprint density at radius 2 is 2.58 bits per heavy atom. The zero-order valence-corrected chi connectivity index (χ0v) is 6.99. The molecule has 1 aromatic rings. The van der Waals surface area contributed by atoms with Gasteiger partial charge in [-0.05, 0) is 13.1 Å². The highest BCUT2D eigenvalue weighted by Gasteiger charge is 2.07. The molecule has 3 nitrogen and oxygen atoms in total. The number of hydrogen-bond donors (Lipinski definition) is 1. The van der Waals surface area contributed by atoms with Crippen molar-refractivity contribution in [1.82, 2.24) is 15.3 Å². The summed E-state index contributed by atoms with van der Waals surface area (Å²) in [5.74, 6) is 2.59. The summed E-state index contributed by atoms with van der Waals surface area (Å²) < 4.78 is 0. The van der Waals surface area contributed by atoms with E-state index < -0.39 is 0 Å². The van der Waals surface area contributed by atoms with Crippen LogP contribution in [0.2, 0.25) is 0 Å². The molecule has 62 valence electrons. The zero-order chi connectivity index (χ0) is 8.81. The number of hydrogen-bond acceptors (Lipinski definition) is 3. The smallest absolute Gasteiger partial charge is 0.115 e. The molecule has 0 aliphatic carbocycles. The maximum Gasteiger partial charge on any atom is 0.115 e. The third-order valence-corrected chi connectivity index (χ3v) is 1.63. The van der Waals surface area contributed by atoms with E-state index in [9.17, 15) is 0 Å². The maximum absolute atomic E-state index is 5.21. The fourth-order valence-corrected chi connectivity index (χ4v) is 0.979. The van der Waals surface area contributed by atoms with E-state index in [1.165, 1.54) is 6.33 Å². The molecule has 1 atom stereocenters. The van der Waals surface area contributed by atoms with E-state index in [0.29, 0.717) is 6.42 Å². The van der Waals surface area contributed by atoms with Gasteiger partial charge in [0.05, 0.1) is 11.7 Å². The average molecular weight is 161 g/mol. The third kappa shape index (κ3) is 2.04. The summed E-state index contributed by atoms with van der Waals surface area (Å²) in [4.78, 5) is 7.93. The highest BCUT2D eigenvalue weighted by atomic mass is 14.9. The van der Waals surface area contributed by atoms with Crippen molar-refractivity contribution in [2.45, 2.75) is 12.5 Å². The summed E-state index contributed by atoms with van der Waals surface area (Å²) in [7, 11) is 1.87. The minimum atomic E-state index is 0.137. The topological polar surface area (TPSA) is 37.8 Å². The van der Waals surface area contributed by atoms with Crippen LogP contribution in [0, 0.1) is 12.3 Å². The SMILES string of the molecule is C#CCC(NC)c1ccncn1. The van der Waals surface area contributed by atoms with E-state index in [-0.39, 0.29) is 6.04 Å². The van der Waals surface area contributed by atoms with Gasteiger partial charge in [0, 0.05) is 12.6 Å². The first-order chi connectivity index (χ1) is 5.88. The normalized spacial score (nSPS) is 12.0. The first kappa shape index (κ1) is 8.69. The van der Waals surface area contributed by atoms with Crippen LogP contribution in [0.4, 0.5) is 0 Å². The lowest BCUT2D eigenvalue weighted by Crippen LogP contribution is -2.16. The second-order valence-electron chi connectivity index (χ2n) is 2.38. The van der Waals surface area contributed by atoms with Gasteiger partial charge in [-0.2, -0.15) is 0 Å². The Balaban J connectivity index is 2.75. The van der Waals surface area contributed by atoms with Crippen LogP contribution in [0.15, 0.2) is 18.6 Å². The number of nitrogens with one attached hydrogen (secondary N) is 1. The highest BCUT2D eigenvalue weighted by Crippen LogP contribution is 2.10. The Bertz CT molecular complexity index is 263. The highest BCUT2D eigenvalue weighted by molar-refractivity contribution is 5.07. The lowest BCUT2D eigenvalue weighted by Gasteiger charge is -2.10. The van der Waals surface area contributed by atoms with Crippen LogP contribution in [0.5, 0.6) is 0 Å². The van der Waals surface area contributed by atoms with Crippen molar-refractivity contribution in [3.05, 3.63) is 24.3 Å². The molecule has 1 aromatic heterocycles. The fraction of sp³-hybridized carbons (Fsp3) is 0.333. The summed E-state index contributed by atoms with van der Waals surface area (Å²) in [6.07, 6.45) is 9.09. The Hall–Kier alpha value is -1.40. The first-order valence-corrected chi connectivity index (χ1v) is 3.75. The Kier molecular flexibility index (Phi) is 3.24.